The molecule has 1 aromatic carbocycles. The third-order valence-corrected chi connectivity index (χ3v) is 4.24. The molecule has 0 unspecified atom stereocenters. The summed E-state index contributed by atoms with van der Waals surface area (Å²) >= 11 is 0. The Labute approximate surface area is 151 Å². The Morgan fingerprint density at radius 3 is 2.60 bits per heavy atom. The van der Waals surface area contributed by atoms with Crippen molar-refractivity contribution in [3.05, 3.63) is 73.1 Å². The number of anilines is 1. The molecule has 1 aromatic rings. The lowest BCUT2D eigenvalue weighted by atomic mass is 10.1. The monoisotopic (exact) mass is 342 g/mol. The van der Waals surface area contributed by atoms with Gasteiger partial charge in [0.2, 0.25) is 0 Å². The van der Waals surface area contributed by atoms with Crippen molar-refractivity contribution >= 4 is 5.69 Å². The van der Waals surface area contributed by atoms with Gasteiger partial charge >= 0.3 is 0 Å². The number of hydrogen-bond donors (Lipinski definition) is 0. The van der Waals surface area contributed by atoms with Gasteiger partial charge in [-0.2, -0.15) is 0 Å². The van der Waals surface area contributed by atoms with Crippen molar-refractivity contribution in [1.82, 2.24) is 0 Å². The lowest BCUT2D eigenvalue weighted by Crippen LogP contribution is -2.25. The Kier molecular flexibility index (Phi) is 8.89. The van der Waals surface area contributed by atoms with Crippen LogP contribution in [0, 0.1) is 12.2 Å². The standard InChI is InChI=1S/C22H29FNO/c1-2-3-17-24(21-15-13-20(23)14-16-21)18-9-4-5-10-19-25-22-11-7-6-8-12-22/h2,6-7,11-16H,1,3-5,8-10,17-19H2. The number of nitrogens with zero attached hydrogens (tertiary/aromatic N) is 1. The van der Waals surface area contributed by atoms with E-state index in [1.165, 1.54) is 25.0 Å². The molecule has 135 valence electrons. The van der Waals surface area contributed by atoms with E-state index >= 15 is 0 Å². The number of unbranched alkanes of at least 4 members (excludes halogenated alkanes) is 3. The zero-order valence-electron chi connectivity index (χ0n) is 15.0. The molecule has 0 saturated carbocycles. The van der Waals surface area contributed by atoms with E-state index in [9.17, 15) is 4.39 Å². The molecular weight excluding hydrogens is 313 g/mol. The van der Waals surface area contributed by atoms with Gasteiger partial charge in [0.05, 0.1) is 6.61 Å². The fraction of sp³-hybridized carbons (Fsp3) is 0.409. The first-order chi connectivity index (χ1) is 12.3. The molecule has 0 aliphatic heterocycles. The first-order valence-corrected chi connectivity index (χ1v) is 9.24. The molecular formula is C22H29FNO. The van der Waals surface area contributed by atoms with Gasteiger partial charge in [-0.15, -0.1) is 6.58 Å². The van der Waals surface area contributed by atoms with E-state index in [4.69, 9.17) is 4.74 Å². The molecule has 25 heavy (non-hydrogen) atoms. The van der Waals surface area contributed by atoms with Crippen LogP contribution in [-0.4, -0.2) is 19.7 Å². The molecule has 0 N–H and O–H groups in total. The van der Waals surface area contributed by atoms with Crippen LogP contribution < -0.4 is 4.90 Å². The van der Waals surface area contributed by atoms with Crippen molar-refractivity contribution in [3.63, 3.8) is 0 Å². The Balaban J connectivity index is 1.63. The van der Waals surface area contributed by atoms with Crippen LogP contribution in [0.3, 0.4) is 0 Å². The molecule has 0 saturated heterocycles. The third-order valence-electron chi connectivity index (χ3n) is 4.24. The maximum Gasteiger partial charge on any atom is 0.123 e. The number of allylic oxidation sites excluding steroid dienone is 3. The van der Waals surface area contributed by atoms with Gasteiger partial charge in [-0.05, 0) is 68.5 Å². The van der Waals surface area contributed by atoms with Crippen LogP contribution >= 0.6 is 0 Å². The summed E-state index contributed by atoms with van der Waals surface area (Å²) in [7, 11) is 0. The normalized spacial score (nSPS) is 13.4. The van der Waals surface area contributed by atoms with E-state index in [-0.39, 0.29) is 5.82 Å². The molecule has 0 bridgehead atoms. The highest BCUT2D eigenvalue weighted by molar-refractivity contribution is 5.46. The van der Waals surface area contributed by atoms with Gasteiger partial charge < -0.3 is 9.64 Å². The highest BCUT2D eigenvalue weighted by atomic mass is 19.1. The minimum Gasteiger partial charge on any atom is -0.494 e. The zero-order valence-corrected chi connectivity index (χ0v) is 15.0. The second-order valence-corrected chi connectivity index (χ2v) is 6.24. The average molecular weight is 342 g/mol. The minimum atomic E-state index is -0.187. The van der Waals surface area contributed by atoms with Crippen molar-refractivity contribution in [2.75, 3.05) is 24.6 Å². The summed E-state index contributed by atoms with van der Waals surface area (Å²) < 4.78 is 18.8. The highest BCUT2D eigenvalue weighted by Crippen LogP contribution is 2.17. The molecule has 2 nitrogen and oxygen atoms in total. The van der Waals surface area contributed by atoms with Crippen molar-refractivity contribution in [3.8, 4) is 0 Å². The molecule has 3 heteroatoms. The van der Waals surface area contributed by atoms with Gasteiger partial charge in [-0.25, -0.2) is 4.39 Å². The van der Waals surface area contributed by atoms with E-state index in [1.807, 2.05) is 30.4 Å². The van der Waals surface area contributed by atoms with Crippen LogP contribution in [-0.2, 0) is 4.74 Å². The zero-order chi connectivity index (χ0) is 17.7. The number of hydrogen-bond acceptors (Lipinski definition) is 2. The van der Waals surface area contributed by atoms with Crippen LogP contribution in [0.15, 0.2) is 60.9 Å². The van der Waals surface area contributed by atoms with Crippen molar-refractivity contribution in [2.24, 2.45) is 0 Å². The SMILES string of the molecule is C=CCCN(CCCCCCOC1=CC[CH]C=C1)c1ccc(F)cc1. The maximum atomic E-state index is 13.1. The molecule has 2 rings (SSSR count). The highest BCUT2D eigenvalue weighted by Gasteiger charge is 2.06. The minimum absolute atomic E-state index is 0.187. The number of ether oxygens (including phenoxy) is 1. The van der Waals surface area contributed by atoms with E-state index < -0.39 is 0 Å². The van der Waals surface area contributed by atoms with E-state index in [0.29, 0.717) is 0 Å². The molecule has 0 aromatic heterocycles. The number of halogens is 1. The first-order valence-electron chi connectivity index (χ1n) is 9.24. The van der Waals surface area contributed by atoms with Gasteiger partial charge in [0.1, 0.15) is 11.6 Å². The topological polar surface area (TPSA) is 12.5 Å². The van der Waals surface area contributed by atoms with Gasteiger partial charge in [0.25, 0.3) is 0 Å². The Hall–Kier alpha value is -2.03. The summed E-state index contributed by atoms with van der Waals surface area (Å²) in [5.41, 5.74) is 1.08. The molecule has 0 fully saturated rings. The van der Waals surface area contributed by atoms with E-state index in [1.54, 1.807) is 0 Å². The van der Waals surface area contributed by atoms with Gasteiger partial charge in [-0.1, -0.05) is 25.0 Å². The lowest BCUT2D eigenvalue weighted by molar-refractivity contribution is 0.215. The van der Waals surface area contributed by atoms with Crippen LogP contribution in [0.25, 0.3) is 0 Å². The second-order valence-electron chi connectivity index (χ2n) is 6.24. The number of benzene rings is 1. The Morgan fingerprint density at radius 2 is 1.88 bits per heavy atom. The lowest BCUT2D eigenvalue weighted by Gasteiger charge is -2.24. The molecule has 1 aliphatic rings. The molecule has 0 amide bonds. The predicted molar refractivity (Wildman–Crippen MR) is 104 cm³/mol. The van der Waals surface area contributed by atoms with Crippen molar-refractivity contribution < 1.29 is 9.13 Å². The Bertz CT molecular complexity index is 562. The summed E-state index contributed by atoms with van der Waals surface area (Å²) in [6.45, 7) is 6.50. The maximum absolute atomic E-state index is 13.1. The van der Waals surface area contributed by atoms with E-state index in [2.05, 4.69) is 24.0 Å². The Morgan fingerprint density at radius 1 is 1.08 bits per heavy atom. The van der Waals surface area contributed by atoms with Crippen molar-refractivity contribution in [2.45, 2.75) is 38.5 Å². The quantitative estimate of drug-likeness (QED) is 0.350. The van der Waals surface area contributed by atoms with E-state index in [0.717, 1.165) is 56.8 Å². The van der Waals surface area contributed by atoms with Crippen LogP contribution in [0.2, 0.25) is 0 Å². The molecule has 0 heterocycles. The smallest absolute Gasteiger partial charge is 0.123 e. The van der Waals surface area contributed by atoms with Crippen molar-refractivity contribution in [1.29, 1.82) is 0 Å². The molecule has 0 atom stereocenters. The molecule has 1 radical (unpaired) electrons. The molecule has 1 aliphatic carbocycles. The van der Waals surface area contributed by atoms with Gasteiger partial charge in [0.15, 0.2) is 0 Å². The first kappa shape index (κ1) is 19.3. The largest absolute Gasteiger partial charge is 0.494 e. The van der Waals surface area contributed by atoms with Crippen LogP contribution in [0.1, 0.15) is 38.5 Å². The fourth-order valence-electron chi connectivity index (χ4n) is 2.82. The molecule has 0 spiro atoms. The predicted octanol–water partition coefficient (Wildman–Crippen LogP) is 5.83. The fourth-order valence-corrected chi connectivity index (χ4v) is 2.82. The van der Waals surface area contributed by atoms with Gasteiger partial charge in [0, 0.05) is 18.8 Å². The van der Waals surface area contributed by atoms with Crippen LogP contribution in [0.4, 0.5) is 10.1 Å². The second kappa shape index (κ2) is 11.5. The summed E-state index contributed by atoms with van der Waals surface area (Å²) in [5.74, 6) is 0.808. The third kappa shape index (κ3) is 7.59. The number of rotatable bonds is 12. The van der Waals surface area contributed by atoms with Gasteiger partial charge in [-0.3, -0.25) is 0 Å². The summed E-state index contributed by atoms with van der Waals surface area (Å²) in [6.07, 6.45) is 16.7. The average Bonchev–Trinajstić information content (AvgIpc) is 2.65. The summed E-state index contributed by atoms with van der Waals surface area (Å²) in [6, 6.07) is 6.77. The summed E-state index contributed by atoms with van der Waals surface area (Å²) in [4.78, 5) is 2.31. The summed E-state index contributed by atoms with van der Waals surface area (Å²) in [5, 5.41) is 0. The van der Waals surface area contributed by atoms with Crippen LogP contribution in [0.5, 0.6) is 0 Å².